The maximum atomic E-state index is 14.7. The van der Waals surface area contributed by atoms with Crippen LogP contribution < -0.4 is 10.1 Å². The fourth-order valence-corrected chi connectivity index (χ4v) is 6.87. The molecule has 0 unspecified atom stereocenters. The fourth-order valence-electron chi connectivity index (χ4n) is 5.69. The highest BCUT2D eigenvalue weighted by Gasteiger charge is 2.32. The van der Waals surface area contributed by atoms with Crippen LogP contribution in [0.15, 0.2) is 54.6 Å². The van der Waals surface area contributed by atoms with Gasteiger partial charge in [-0.1, -0.05) is 18.2 Å². The Morgan fingerprint density at radius 3 is 2.48 bits per heavy atom. The highest BCUT2D eigenvalue weighted by Crippen LogP contribution is 2.38. The second-order valence-electron chi connectivity index (χ2n) is 10.2. The summed E-state index contributed by atoms with van der Waals surface area (Å²) in [5.41, 5.74) is 3.64. The number of aryl methyl sites for hydroxylation is 1. The zero-order chi connectivity index (χ0) is 28.4. The molecule has 1 saturated carbocycles. The molecular formula is C32H31F2N3O2S. The van der Waals surface area contributed by atoms with Crippen molar-refractivity contribution < 1.29 is 18.3 Å². The number of nitrogens with zero attached hydrogens (tertiary/aromatic N) is 2. The van der Waals surface area contributed by atoms with E-state index in [1.807, 2.05) is 48.3 Å². The summed E-state index contributed by atoms with van der Waals surface area (Å²) in [5.74, 6) is -0.644. The molecule has 206 valence electrons. The predicted octanol–water partition coefficient (Wildman–Crippen LogP) is 7.21. The average molecular weight is 560 g/mol. The van der Waals surface area contributed by atoms with Gasteiger partial charge in [0.25, 0.3) is 5.91 Å². The van der Waals surface area contributed by atoms with Gasteiger partial charge in [-0.3, -0.25) is 4.79 Å². The Hall–Kier alpha value is -3.80. The second-order valence-corrected chi connectivity index (χ2v) is 11.3. The van der Waals surface area contributed by atoms with Crippen LogP contribution in [-0.4, -0.2) is 37.0 Å². The molecule has 0 radical (unpaired) electrons. The van der Waals surface area contributed by atoms with Gasteiger partial charge in [-0.25, -0.2) is 8.78 Å². The van der Waals surface area contributed by atoms with Crippen molar-refractivity contribution >= 4 is 27.3 Å². The van der Waals surface area contributed by atoms with Crippen LogP contribution in [-0.2, 0) is 6.54 Å². The van der Waals surface area contributed by atoms with Crippen LogP contribution >= 0.6 is 11.3 Å². The van der Waals surface area contributed by atoms with E-state index in [4.69, 9.17) is 4.74 Å². The quantitative estimate of drug-likeness (QED) is 0.260. The molecule has 1 aromatic heterocycles. The van der Waals surface area contributed by atoms with Gasteiger partial charge < -0.3 is 15.0 Å². The van der Waals surface area contributed by atoms with Crippen LogP contribution in [0.25, 0.3) is 21.2 Å². The number of nitrogens with one attached hydrogen (secondary N) is 1. The molecule has 4 aromatic rings. The number of hydrogen-bond donors (Lipinski definition) is 1. The SMILES string of the molecule is CNC1CCC(N(Cc2cc(-c3cccc(C#N)c3)ccc2OC)C(=O)c2sc3c(F)ccc(F)c3c2C)CC1. The molecule has 8 heteroatoms. The minimum atomic E-state index is -0.529. The summed E-state index contributed by atoms with van der Waals surface area (Å²) in [4.78, 5) is 16.5. The molecule has 1 aliphatic carbocycles. The number of hydrogen-bond acceptors (Lipinski definition) is 5. The minimum Gasteiger partial charge on any atom is -0.496 e. The maximum Gasteiger partial charge on any atom is 0.264 e. The van der Waals surface area contributed by atoms with Gasteiger partial charge in [-0.05, 0) is 92.7 Å². The molecule has 40 heavy (non-hydrogen) atoms. The molecule has 0 saturated heterocycles. The number of rotatable bonds is 7. The Balaban J connectivity index is 1.56. The second kappa shape index (κ2) is 11.7. The van der Waals surface area contributed by atoms with E-state index in [9.17, 15) is 18.8 Å². The molecule has 3 aromatic carbocycles. The van der Waals surface area contributed by atoms with Gasteiger partial charge in [0.05, 0.1) is 28.3 Å². The smallest absolute Gasteiger partial charge is 0.264 e. The van der Waals surface area contributed by atoms with Gasteiger partial charge in [0, 0.05) is 29.6 Å². The number of amides is 1. The standard InChI is InChI=1S/C32H31F2N3O2S/c1-19-29-26(33)12-13-27(34)31(29)40-30(19)32(38)37(25-10-8-24(36-2)9-11-25)18-23-16-22(7-14-28(23)39-3)21-6-4-5-20(15-21)17-35/h4-7,12-16,24-25,36H,8-11,18H2,1-3H3. The van der Waals surface area contributed by atoms with Crippen LogP contribution in [0.1, 0.15) is 52.0 Å². The number of benzene rings is 3. The van der Waals surface area contributed by atoms with Crippen molar-refractivity contribution in [2.75, 3.05) is 14.2 Å². The van der Waals surface area contributed by atoms with Crippen LogP contribution in [0.5, 0.6) is 5.75 Å². The van der Waals surface area contributed by atoms with Gasteiger partial charge in [0.2, 0.25) is 0 Å². The average Bonchev–Trinajstić information content (AvgIpc) is 3.35. The van der Waals surface area contributed by atoms with E-state index in [1.54, 1.807) is 20.1 Å². The van der Waals surface area contributed by atoms with Crippen molar-refractivity contribution in [1.82, 2.24) is 10.2 Å². The van der Waals surface area contributed by atoms with E-state index in [1.165, 1.54) is 0 Å². The first-order valence-corrected chi connectivity index (χ1v) is 14.2. The first kappa shape index (κ1) is 27.8. The van der Waals surface area contributed by atoms with Crippen LogP contribution in [0.2, 0.25) is 0 Å². The number of carbonyl (C=O) groups is 1. The summed E-state index contributed by atoms with van der Waals surface area (Å²) in [6.07, 6.45) is 3.49. The molecule has 0 spiro atoms. The molecule has 5 rings (SSSR count). The summed E-state index contributed by atoms with van der Waals surface area (Å²) in [7, 11) is 3.55. The molecule has 0 bridgehead atoms. The Bertz CT molecular complexity index is 1600. The summed E-state index contributed by atoms with van der Waals surface area (Å²) in [5, 5.41) is 12.9. The molecule has 0 atom stereocenters. The number of fused-ring (bicyclic) bond motifs is 1. The lowest BCUT2D eigenvalue weighted by molar-refractivity contribution is 0.0604. The Labute approximate surface area is 237 Å². The highest BCUT2D eigenvalue weighted by atomic mass is 32.1. The molecule has 1 fully saturated rings. The lowest BCUT2D eigenvalue weighted by Gasteiger charge is -2.37. The molecule has 1 amide bonds. The summed E-state index contributed by atoms with van der Waals surface area (Å²) >= 11 is 1.01. The van der Waals surface area contributed by atoms with Crippen LogP contribution in [0, 0.1) is 29.9 Å². The molecule has 1 N–H and O–H groups in total. The molecule has 1 heterocycles. The number of halogens is 2. The van der Waals surface area contributed by atoms with Gasteiger partial charge in [0.1, 0.15) is 17.4 Å². The summed E-state index contributed by atoms with van der Waals surface area (Å²) < 4.78 is 35.2. The van der Waals surface area contributed by atoms with E-state index >= 15 is 0 Å². The number of thiophene rings is 1. The van der Waals surface area contributed by atoms with Crippen molar-refractivity contribution in [3.05, 3.63) is 87.8 Å². The van der Waals surface area contributed by atoms with Crippen LogP contribution in [0.4, 0.5) is 8.78 Å². The topological polar surface area (TPSA) is 65.4 Å². The van der Waals surface area contributed by atoms with Crippen LogP contribution in [0.3, 0.4) is 0 Å². The van der Waals surface area contributed by atoms with E-state index < -0.39 is 11.6 Å². The van der Waals surface area contributed by atoms with Crippen molar-refractivity contribution in [3.8, 4) is 22.9 Å². The third kappa shape index (κ3) is 5.32. The molecule has 0 aliphatic heterocycles. The van der Waals surface area contributed by atoms with E-state index in [0.717, 1.165) is 65.8 Å². The molecule has 1 aliphatic rings. The van der Waals surface area contributed by atoms with Crippen molar-refractivity contribution in [1.29, 1.82) is 5.26 Å². The third-order valence-corrected chi connectivity index (χ3v) is 9.21. The van der Waals surface area contributed by atoms with E-state index in [2.05, 4.69) is 11.4 Å². The maximum absolute atomic E-state index is 14.7. The van der Waals surface area contributed by atoms with E-state index in [-0.39, 0.29) is 28.6 Å². The number of ether oxygens (including phenoxy) is 1. The zero-order valence-electron chi connectivity index (χ0n) is 22.8. The fraction of sp³-hybridized carbons (Fsp3) is 0.312. The predicted molar refractivity (Wildman–Crippen MR) is 155 cm³/mol. The first-order valence-electron chi connectivity index (χ1n) is 13.4. The monoisotopic (exact) mass is 559 g/mol. The van der Waals surface area contributed by atoms with Gasteiger partial charge in [0.15, 0.2) is 0 Å². The number of carbonyl (C=O) groups excluding carboxylic acids is 1. The first-order chi connectivity index (χ1) is 19.3. The largest absolute Gasteiger partial charge is 0.496 e. The normalized spacial score (nSPS) is 17.0. The lowest BCUT2D eigenvalue weighted by atomic mass is 9.89. The Morgan fingerprint density at radius 2 is 1.80 bits per heavy atom. The Morgan fingerprint density at radius 1 is 1.07 bits per heavy atom. The number of nitriles is 1. The lowest BCUT2D eigenvalue weighted by Crippen LogP contribution is -2.44. The minimum absolute atomic E-state index is 0.0355. The Kier molecular flexibility index (Phi) is 8.15. The number of methoxy groups -OCH3 is 1. The van der Waals surface area contributed by atoms with Gasteiger partial charge in [-0.15, -0.1) is 11.3 Å². The zero-order valence-corrected chi connectivity index (χ0v) is 23.6. The molecular weight excluding hydrogens is 528 g/mol. The molecule has 5 nitrogen and oxygen atoms in total. The van der Waals surface area contributed by atoms with Gasteiger partial charge in [-0.2, -0.15) is 5.26 Å². The highest BCUT2D eigenvalue weighted by molar-refractivity contribution is 7.21. The summed E-state index contributed by atoms with van der Waals surface area (Å²) in [6, 6.07) is 17.9. The van der Waals surface area contributed by atoms with E-state index in [0.29, 0.717) is 27.8 Å². The van der Waals surface area contributed by atoms with Crippen molar-refractivity contribution in [2.45, 2.75) is 51.2 Å². The third-order valence-electron chi connectivity index (χ3n) is 7.93. The van der Waals surface area contributed by atoms with Crippen molar-refractivity contribution in [3.63, 3.8) is 0 Å². The van der Waals surface area contributed by atoms with Gasteiger partial charge >= 0.3 is 0 Å². The van der Waals surface area contributed by atoms with Crippen molar-refractivity contribution in [2.24, 2.45) is 0 Å². The summed E-state index contributed by atoms with van der Waals surface area (Å²) in [6.45, 7) is 1.97.